The van der Waals surface area contributed by atoms with Crippen molar-refractivity contribution < 1.29 is 9.63 Å². The average molecular weight is 276 g/mol. The number of amides is 1. The number of hydrogen-bond donors (Lipinski definition) is 1. The minimum atomic E-state index is -0.196. The maximum Gasteiger partial charge on any atom is 0.247 e. The molecule has 2 rings (SSSR count). The van der Waals surface area contributed by atoms with Crippen LogP contribution in [0.4, 0.5) is 0 Å². The third-order valence-electron chi connectivity index (χ3n) is 2.52. The zero-order valence-electron chi connectivity index (χ0n) is 10.3. The Bertz CT molecular complexity index is 543. The van der Waals surface area contributed by atoms with Crippen LogP contribution < -0.4 is 5.48 Å². The fraction of sp³-hybridized carbons (Fsp3) is 0.133. The molecule has 98 valence electrons. The van der Waals surface area contributed by atoms with Gasteiger partial charge in [-0.2, -0.15) is 0 Å². The molecular formula is C15H14ClNO2. The molecule has 0 bridgehead atoms. The summed E-state index contributed by atoms with van der Waals surface area (Å²) in [6.45, 7) is 0.349. The van der Waals surface area contributed by atoms with Crippen LogP contribution >= 0.6 is 11.6 Å². The summed E-state index contributed by atoms with van der Waals surface area (Å²) < 4.78 is 0. The number of hydroxylamine groups is 1. The first-order valence-electron chi connectivity index (χ1n) is 5.93. The molecule has 0 unspecified atom stereocenters. The number of hydrogen-bond acceptors (Lipinski definition) is 2. The normalized spacial score (nSPS) is 10.2. The number of carbonyl (C=O) groups is 1. The van der Waals surface area contributed by atoms with Crippen LogP contribution in [0.3, 0.4) is 0 Å². The molecule has 1 N–H and O–H groups in total. The SMILES string of the molecule is O=C(Cc1cccc(Cl)c1)NOCc1ccccc1. The Hall–Kier alpha value is -1.84. The molecule has 0 saturated heterocycles. The fourth-order valence-electron chi connectivity index (χ4n) is 1.64. The van der Waals surface area contributed by atoms with E-state index < -0.39 is 0 Å². The Morgan fingerprint density at radius 1 is 1.05 bits per heavy atom. The Labute approximate surface area is 117 Å². The molecule has 1 amide bonds. The van der Waals surface area contributed by atoms with Crippen LogP contribution in [0.25, 0.3) is 0 Å². The summed E-state index contributed by atoms with van der Waals surface area (Å²) in [7, 11) is 0. The van der Waals surface area contributed by atoms with Crippen LogP contribution in [0, 0.1) is 0 Å². The van der Waals surface area contributed by atoms with Crippen LogP contribution in [0.1, 0.15) is 11.1 Å². The van der Waals surface area contributed by atoms with Gasteiger partial charge in [0.1, 0.15) is 0 Å². The Balaban J connectivity index is 1.76. The van der Waals surface area contributed by atoms with Crippen molar-refractivity contribution in [2.45, 2.75) is 13.0 Å². The van der Waals surface area contributed by atoms with Gasteiger partial charge in [0.05, 0.1) is 13.0 Å². The molecule has 4 heteroatoms. The third-order valence-corrected chi connectivity index (χ3v) is 2.76. The first-order chi connectivity index (χ1) is 9.24. The molecule has 2 aromatic carbocycles. The average Bonchev–Trinajstić information content (AvgIpc) is 2.40. The first kappa shape index (κ1) is 13.6. The van der Waals surface area contributed by atoms with Crippen LogP contribution in [0.15, 0.2) is 54.6 Å². The molecule has 0 saturated carbocycles. The molecule has 3 nitrogen and oxygen atoms in total. The second kappa shape index (κ2) is 6.92. The lowest BCUT2D eigenvalue weighted by Gasteiger charge is -2.06. The highest BCUT2D eigenvalue weighted by molar-refractivity contribution is 6.30. The topological polar surface area (TPSA) is 38.3 Å². The van der Waals surface area contributed by atoms with Crippen molar-refractivity contribution in [1.29, 1.82) is 0 Å². The van der Waals surface area contributed by atoms with Gasteiger partial charge in [0.15, 0.2) is 0 Å². The number of benzene rings is 2. The predicted octanol–water partition coefficient (Wildman–Crippen LogP) is 3.13. The van der Waals surface area contributed by atoms with Gasteiger partial charge in [0, 0.05) is 5.02 Å². The van der Waals surface area contributed by atoms with Crippen molar-refractivity contribution in [2.75, 3.05) is 0 Å². The number of nitrogens with one attached hydrogen (secondary N) is 1. The van der Waals surface area contributed by atoms with Crippen LogP contribution in [0.2, 0.25) is 5.02 Å². The van der Waals surface area contributed by atoms with E-state index in [1.165, 1.54) is 0 Å². The fourth-order valence-corrected chi connectivity index (χ4v) is 1.86. The highest BCUT2D eigenvalue weighted by atomic mass is 35.5. The summed E-state index contributed by atoms with van der Waals surface area (Å²) >= 11 is 5.85. The highest BCUT2D eigenvalue weighted by Gasteiger charge is 2.03. The van der Waals surface area contributed by atoms with Crippen molar-refractivity contribution in [2.24, 2.45) is 0 Å². The van der Waals surface area contributed by atoms with E-state index in [-0.39, 0.29) is 12.3 Å². The van der Waals surface area contributed by atoms with E-state index in [1.807, 2.05) is 42.5 Å². The molecular weight excluding hydrogens is 262 g/mol. The van der Waals surface area contributed by atoms with Gasteiger partial charge >= 0.3 is 0 Å². The summed E-state index contributed by atoms with van der Waals surface area (Å²) in [5.74, 6) is -0.196. The van der Waals surface area contributed by atoms with Crippen molar-refractivity contribution in [3.63, 3.8) is 0 Å². The van der Waals surface area contributed by atoms with Crippen LogP contribution in [-0.2, 0) is 22.7 Å². The molecule has 19 heavy (non-hydrogen) atoms. The number of rotatable bonds is 5. The predicted molar refractivity (Wildman–Crippen MR) is 74.5 cm³/mol. The molecule has 0 aliphatic carbocycles. The molecule has 0 aliphatic heterocycles. The Morgan fingerprint density at radius 3 is 2.53 bits per heavy atom. The number of carbonyl (C=O) groups excluding carboxylic acids is 1. The lowest BCUT2D eigenvalue weighted by Crippen LogP contribution is -2.25. The molecule has 0 radical (unpaired) electrons. The van der Waals surface area contributed by atoms with Gasteiger partial charge in [-0.1, -0.05) is 54.1 Å². The van der Waals surface area contributed by atoms with Crippen molar-refractivity contribution in [3.8, 4) is 0 Å². The zero-order valence-corrected chi connectivity index (χ0v) is 11.1. The minimum absolute atomic E-state index is 0.196. The summed E-state index contributed by atoms with van der Waals surface area (Å²) in [5.41, 5.74) is 4.28. The molecule has 0 atom stereocenters. The molecule has 0 heterocycles. The van der Waals surface area contributed by atoms with E-state index >= 15 is 0 Å². The van der Waals surface area contributed by atoms with Gasteiger partial charge in [0.2, 0.25) is 5.91 Å². The van der Waals surface area contributed by atoms with Gasteiger partial charge in [-0.25, -0.2) is 5.48 Å². The summed E-state index contributed by atoms with van der Waals surface area (Å²) in [6, 6.07) is 16.8. The smallest absolute Gasteiger partial charge is 0.247 e. The van der Waals surface area contributed by atoms with Crippen molar-refractivity contribution >= 4 is 17.5 Å². The van der Waals surface area contributed by atoms with Crippen LogP contribution in [0.5, 0.6) is 0 Å². The van der Waals surface area contributed by atoms with E-state index in [1.54, 1.807) is 12.1 Å². The Morgan fingerprint density at radius 2 is 1.79 bits per heavy atom. The first-order valence-corrected chi connectivity index (χ1v) is 6.31. The maximum absolute atomic E-state index is 11.6. The Kier molecular flexibility index (Phi) is 4.95. The number of halogens is 1. The summed E-state index contributed by atoms with van der Waals surface area (Å²) in [4.78, 5) is 16.8. The van der Waals surface area contributed by atoms with E-state index in [4.69, 9.17) is 16.4 Å². The summed E-state index contributed by atoms with van der Waals surface area (Å²) in [5, 5.41) is 0.621. The molecule has 0 aliphatic rings. The van der Waals surface area contributed by atoms with E-state index in [0.717, 1.165) is 11.1 Å². The zero-order chi connectivity index (χ0) is 13.5. The minimum Gasteiger partial charge on any atom is -0.272 e. The highest BCUT2D eigenvalue weighted by Crippen LogP contribution is 2.11. The van der Waals surface area contributed by atoms with Crippen LogP contribution in [-0.4, -0.2) is 5.91 Å². The standard InChI is InChI=1S/C15H14ClNO2/c16-14-8-4-7-13(9-14)10-15(18)17-19-11-12-5-2-1-3-6-12/h1-9H,10-11H2,(H,17,18). The second-order valence-electron chi connectivity index (χ2n) is 4.11. The molecule has 0 spiro atoms. The third kappa shape index (κ3) is 4.73. The summed E-state index contributed by atoms with van der Waals surface area (Å²) in [6.07, 6.45) is 0.245. The van der Waals surface area contributed by atoms with Gasteiger partial charge < -0.3 is 0 Å². The van der Waals surface area contributed by atoms with Crippen molar-refractivity contribution in [3.05, 3.63) is 70.7 Å². The monoisotopic (exact) mass is 275 g/mol. The molecule has 0 aromatic heterocycles. The van der Waals surface area contributed by atoms with E-state index in [9.17, 15) is 4.79 Å². The van der Waals surface area contributed by atoms with E-state index in [2.05, 4.69) is 5.48 Å². The van der Waals surface area contributed by atoms with Gasteiger partial charge in [-0.3, -0.25) is 9.63 Å². The van der Waals surface area contributed by atoms with Gasteiger partial charge in [-0.15, -0.1) is 0 Å². The van der Waals surface area contributed by atoms with Gasteiger partial charge in [-0.05, 0) is 23.3 Å². The van der Waals surface area contributed by atoms with Gasteiger partial charge in [0.25, 0.3) is 0 Å². The van der Waals surface area contributed by atoms with E-state index in [0.29, 0.717) is 11.6 Å². The lowest BCUT2D eigenvalue weighted by atomic mass is 10.1. The second-order valence-corrected chi connectivity index (χ2v) is 4.54. The largest absolute Gasteiger partial charge is 0.272 e. The lowest BCUT2D eigenvalue weighted by molar-refractivity contribution is -0.133. The van der Waals surface area contributed by atoms with Crippen molar-refractivity contribution in [1.82, 2.24) is 5.48 Å². The maximum atomic E-state index is 11.6. The quantitative estimate of drug-likeness (QED) is 0.852. The molecule has 0 fully saturated rings. The molecule has 2 aromatic rings.